The van der Waals surface area contributed by atoms with E-state index in [4.69, 9.17) is 0 Å². The zero-order chi connectivity index (χ0) is 75.4. The first-order chi connectivity index (χ1) is 52.1. The molecule has 21 nitrogen and oxygen atoms in total. The number of hydrogen-bond acceptors (Lipinski definition) is 19. The molecule has 0 saturated carbocycles. The van der Waals surface area contributed by atoms with Crippen LogP contribution in [0, 0.1) is 55.4 Å². The van der Waals surface area contributed by atoms with Gasteiger partial charge in [-0.05, 0) is 73.6 Å². The Balaban J connectivity index is 0.000000141. The van der Waals surface area contributed by atoms with E-state index in [1.54, 1.807) is 69.0 Å². The summed E-state index contributed by atoms with van der Waals surface area (Å²) in [5, 5.41) is 15.4. The average molecular weight is 1410 g/mol. The molecule has 1 N–H and O–H groups in total. The van der Waals surface area contributed by atoms with Crippen molar-refractivity contribution in [3.8, 4) is 90.7 Å². The molecule has 0 aliphatic rings. The van der Waals surface area contributed by atoms with E-state index in [0.717, 1.165) is 102 Å². The molecule has 0 fully saturated rings. The molecule has 0 aliphatic heterocycles. The van der Waals surface area contributed by atoms with Gasteiger partial charge in [0.1, 0.15) is 41.8 Å². The highest BCUT2D eigenvalue weighted by molar-refractivity contribution is 5.61. The average Bonchev–Trinajstić information content (AvgIpc) is 0.823. The highest BCUT2D eigenvalue weighted by Gasteiger charge is 2.08. The third-order valence-electron chi connectivity index (χ3n) is 15.1. The van der Waals surface area contributed by atoms with Gasteiger partial charge >= 0.3 is 0 Å². The minimum Gasteiger partial charge on any atom is -0.306 e. The van der Waals surface area contributed by atoms with Crippen LogP contribution in [-0.4, -0.2) is 94.7 Å². The lowest BCUT2D eigenvalue weighted by atomic mass is 10.1. The van der Waals surface area contributed by atoms with Crippen molar-refractivity contribution in [3.05, 3.63) is 377 Å². The fourth-order valence-electron chi connectivity index (χ4n) is 9.68. The largest absolute Gasteiger partial charge is 0.306 e. The van der Waals surface area contributed by atoms with Crippen LogP contribution in [0.1, 0.15) is 45.7 Å². The van der Waals surface area contributed by atoms with Gasteiger partial charge in [-0.2, -0.15) is 10.2 Å². The van der Waals surface area contributed by atoms with E-state index < -0.39 is 0 Å². The van der Waals surface area contributed by atoms with Crippen molar-refractivity contribution >= 4 is 0 Å². The second-order valence-corrected chi connectivity index (χ2v) is 23.5. The Hall–Kier alpha value is -14.2. The van der Waals surface area contributed by atoms with Crippen LogP contribution < -0.4 is 11.1 Å². The van der Waals surface area contributed by atoms with Gasteiger partial charge in [0.15, 0.2) is 17.5 Å². The number of H-pyrrole nitrogens is 1. The van der Waals surface area contributed by atoms with E-state index in [1.165, 1.54) is 6.33 Å². The Kier molecular flexibility index (Phi) is 29.5. The number of hydrogen-bond donors (Lipinski definition) is 1. The smallest absolute Gasteiger partial charge is 0.256 e. The van der Waals surface area contributed by atoms with Crippen molar-refractivity contribution < 1.29 is 0 Å². The predicted octanol–water partition coefficient (Wildman–Crippen LogP) is 16.4. The topological polar surface area (TPSA) is 274 Å². The maximum absolute atomic E-state index is 11.7. The highest BCUT2D eigenvalue weighted by Crippen LogP contribution is 2.20. The molecule has 107 heavy (non-hydrogen) atoms. The van der Waals surface area contributed by atoms with Gasteiger partial charge in [0.25, 0.3) is 11.1 Å². The molecule has 0 bridgehead atoms. The molecule has 0 radical (unpaired) electrons. The van der Waals surface area contributed by atoms with Gasteiger partial charge in [-0.25, -0.2) is 64.8 Å². The molecule has 530 valence electrons. The molecule has 8 heterocycles. The van der Waals surface area contributed by atoms with Gasteiger partial charge in [-0.1, -0.05) is 243 Å². The second kappa shape index (κ2) is 41.0. The number of rotatable bonds is 8. The van der Waals surface area contributed by atoms with Crippen LogP contribution in [-0.2, 0) is 7.05 Å². The minimum absolute atomic E-state index is 0.00357. The molecule has 8 aromatic carbocycles. The molecular weight excluding hydrogens is 1330 g/mol. The first-order valence-corrected chi connectivity index (χ1v) is 34.0. The fraction of sp³-hybridized carbons (Fsp3) is 0.105. The van der Waals surface area contributed by atoms with Gasteiger partial charge in [-0.15, -0.1) is 10.2 Å². The number of aromatic amines is 1. The molecule has 16 aromatic rings. The van der Waals surface area contributed by atoms with Gasteiger partial charge in [0, 0.05) is 98.9 Å². The Morgan fingerprint density at radius 2 is 0.738 bits per heavy atom. The molecule has 0 aliphatic carbocycles. The van der Waals surface area contributed by atoms with Crippen molar-refractivity contribution in [2.24, 2.45) is 7.05 Å². The standard InChI is InChI=1S/C12H12N2O.C11H10N2O.3C11H10N2.3C10H9N3/c1-9-8-13-11(14(2)12(9)15)10-6-4-3-5-7-10;1-8-7-12-10(13-11(8)14)9-5-3-2-4-6-9;1-9-7-11(13-8-12-9)10-5-3-2-4-6-10;1-9-12-8-7-11(13-9)10-5-3-2-4-6-10;1-9-7-8-12-11(13-9)10-5-3-2-4-6-10;1-8-11-7-12-10(13-8)9-5-3-2-4-6-9;1-8-12-10(7-11-13-8)9-5-3-2-4-6-9;1-8-7-11-13-10(12-8)9-5-3-2-4-6-9/h3-8H,1-2H3;2-7H,1H3,(H,12,13,14);3*2-8H,1H3;3*2-7H,1H3. The van der Waals surface area contributed by atoms with Crippen molar-refractivity contribution in [3.63, 3.8) is 0 Å². The van der Waals surface area contributed by atoms with Crippen LogP contribution in [0.15, 0.2) is 320 Å². The third kappa shape index (κ3) is 25.1. The fourth-order valence-corrected chi connectivity index (χ4v) is 9.68. The molecule has 0 saturated heterocycles. The summed E-state index contributed by atoms with van der Waals surface area (Å²) in [6.45, 7) is 14.9. The molecule has 21 heteroatoms. The Labute approximate surface area is 621 Å². The highest BCUT2D eigenvalue weighted by atomic mass is 16.1. The van der Waals surface area contributed by atoms with Crippen LogP contribution in [0.4, 0.5) is 0 Å². The SMILES string of the molecule is Cc1cc(-c2ccccc2)ncn1.Cc1ccnc(-c2ccccc2)n1.Cc1cnc(-c2ccccc2)[nH]c1=O.Cc1cnc(-c2ccccc2)n(C)c1=O.Cc1cnnc(-c2ccccc2)n1.Cc1nccc(-c2ccccc2)n1.Cc1ncnc(-c2ccccc2)n1.Cc1nncc(-c2ccccc2)n1. The van der Waals surface area contributed by atoms with E-state index >= 15 is 0 Å². The molecule has 16 rings (SSSR count). The maximum Gasteiger partial charge on any atom is 0.256 e. The minimum atomic E-state index is -0.0844. The van der Waals surface area contributed by atoms with E-state index in [0.29, 0.717) is 34.4 Å². The van der Waals surface area contributed by atoms with Gasteiger partial charge in [-0.3, -0.25) is 14.2 Å². The first kappa shape index (κ1) is 77.0. The lowest BCUT2D eigenvalue weighted by Crippen LogP contribution is -2.21. The van der Waals surface area contributed by atoms with Crippen molar-refractivity contribution in [2.75, 3.05) is 0 Å². The zero-order valence-electron chi connectivity index (χ0n) is 60.8. The van der Waals surface area contributed by atoms with E-state index in [9.17, 15) is 9.59 Å². The molecular formula is C86H79N19O2. The summed E-state index contributed by atoms with van der Waals surface area (Å²) < 4.78 is 1.57. The monoisotopic (exact) mass is 1410 g/mol. The van der Waals surface area contributed by atoms with Gasteiger partial charge < -0.3 is 4.98 Å². The zero-order valence-corrected chi connectivity index (χ0v) is 60.8. The summed E-state index contributed by atoms with van der Waals surface area (Å²) in [6.07, 6.45) is 13.2. The Bertz CT molecular complexity index is 4820. The summed E-state index contributed by atoms with van der Waals surface area (Å²) in [6, 6.07) is 84.9. The van der Waals surface area contributed by atoms with Crippen LogP contribution in [0.25, 0.3) is 90.7 Å². The summed E-state index contributed by atoms with van der Waals surface area (Å²) >= 11 is 0. The number of nitrogens with one attached hydrogen (secondary N) is 1. The molecule has 0 amide bonds. The normalized spacial score (nSPS) is 9.99. The predicted molar refractivity (Wildman–Crippen MR) is 421 cm³/mol. The van der Waals surface area contributed by atoms with Crippen molar-refractivity contribution in [2.45, 2.75) is 55.4 Å². The van der Waals surface area contributed by atoms with E-state index in [-0.39, 0.29) is 11.1 Å². The van der Waals surface area contributed by atoms with E-state index in [1.807, 2.05) is 302 Å². The summed E-state index contributed by atoms with van der Waals surface area (Å²) in [7, 11) is 1.74. The van der Waals surface area contributed by atoms with Crippen LogP contribution in [0.3, 0.4) is 0 Å². The Morgan fingerprint density at radius 1 is 0.299 bits per heavy atom. The second-order valence-electron chi connectivity index (χ2n) is 23.5. The number of aryl methyl sites for hydroxylation is 8. The summed E-state index contributed by atoms with van der Waals surface area (Å²) in [5.41, 5.74) is 15.2. The number of benzene rings is 8. The molecule has 0 spiro atoms. The summed E-state index contributed by atoms with van der Waals surface area (Å²) in [5.74, 6) is 5.76. The Morgan fingerprint density at radius 3 is 1.24 bits per heavy atom. The van der Waals surface area contributed by atoms with Crippen molar-refractivity contribution in [1.82, 2.24) is 94.7 Å². The van der Waals surface area contributed by atoms with Crippen LogP contribution >= 0.6 is 0 Å². The van der Waals surface area contributed by atoms with Gasteiger partial charge in [0.2, 0.25) is 0 Å². The molecule has 0 atom stereocenters. The van der Waals surface area contributed by atoms with E-state index in [2.05, 4.69) is 90.2 Å². The molecule has 8 aromatic heterocycles. The lowest BCUT2D eigenvalue weighted by molar-refractivity contribution is 0.825. The lowest BCUT2D eigenvalue weighted by Gasteiger charge is -2.07. The maximum atomic E-state index is 11.7. The third-order valence-corrected chi connectivity index (χ3v) is 15.1. The van der Waals surface area contributed by atoms with Crippen molar-refractivity contribution in [1.29, 1.82) is 0 Å². The molecule has 0 unspecified atom stereocenters. The quantitative estimate of drug-likeness (QED) is 0.148. The summed E-state index contributed by atoms with van der Waals surface area (Å²) in [4.78, 5) is 80.1. The van der Waals surface area contributed by atoms with Crippen LogP contribution in [0.5, 0.6) is 0 Å². The first-order valence-electron chi connectivity index (χ1n) is 34.0. The van der Waals surface area contributed by atoms with Crippen LogP contribution in [0.2, 0.25) is 0 Å². The number of aromatic nitrogens is 19. The number of nitrogens with zero attached hydrogens (tertiary/aromatic N) is 18. The van der Waals surface area contributed by atoms with Gasteiger partial charge in [0.05, 0.1) is 35.2 Å².